The van der Waals surface area contributed by atoms with Crippen molar-refractivity contribution in [2.24, 2.45) is 0 Å². The Kier molecular flexibility index (Phi) is 8.06. The van der Waals surface area contributed by atoms with E-state index in [0.29, 0.717) is 5.56 Å². The number of methoxy groups -OCH3 is 1. The van der Waals surface area contributed by atoms with Gasteiger partial charge in [-0.15, -0.1) is 0 Å². The number of nitrogens with one attached hydrogen (secondary N) is 1. The third kappa shape index (κ3) is 5.18. The van der Waals surface area contributed by atoms with Crippen molar-refractivity contribution in [1.29, 1.82) is 0 Å². The number of esters is 1. The highest BCUT2D eigenvalue weighted by atomic mass is 32.1. The molecule has 3 aromatic rings. The van der Waals surface area contributed by atoms with Crippen molar-refractivity contribution >= 4 is 23.3 Å². The number of pyridine rings is 1. The van der Waals surface area contributed by atoms with E-state index in [2.05, 4.69) is 50.6 Å². The van der Waals surface area contributed by atoms with E-state index in [9.17, 15) is 4.79 Å². The van der Waals surface area contributed by atoms with E-state index in [4.69, 9.17) is 21.7 Å². The number of carbonyl (C=O) groups is 1. The lowest BCUT2D eigenvalue weighted by Crippen LogP contribution is -2.39. The third-order valence-corrected chi connectivity index (χ3v) is 7.87. The summed E-state index contributed by atoms with van der Waals surface area (Å²) in [7, 11) is 1.41. The first-order valence-electron chi connectivity index (χ1n) is 13.1. The van der Waals surface area contributed by atoms with Crippen LogP contribution in [0.3, 0.4) is 0 Å². The van der Waals surface area contributed by atoms with E-state index in [-0.39, 0.29) is 18.1 Å². The second-order valence-electron chi connectivity index (χ2n) is 9.80. The molecule has 0 unspecified atom stereocenters. The fraction of sp³-hybridized carbons (Fsp3) is 0.414. The van der Waals surface area contributed by atoms with Gasteiger partial charge in [0.05, 0.1) is 49.4 Å². The maximum absolute atomic E-state index is 12.6. The lowest BCUT2D eigenvalue weighted by atomic mass is 9.96. The number of hydrogen-bond donors (Lipinski definition) is 1. The summed E-state index contributed by atoms with van der Waals surface area (Å²) in [5, 5.41) is 4.31. The topological polar surface area (TPSA) is 71.9 Å². The van der Waals surface area contributed by atoms with Crippen LogP contribution in [0.1, 0.15) is 51.5 Å². The number of carbonyl (C=O) groups excluding carboxylic acids is 1. The molecule has 1 aromatic carbocycles. The number of hydrogen-bond acceptors (Lipinski definition) is 6. The number of aryl methyl sites for hydroxylation is 1. The molecule has 0 bridgehead atoms. The number of thiocarbonyl (C=S) groups is 1. The van der Waals surface area contributed by atoms with Gasteiger partial charge in [0, 0.05) is 43.8 Å². The molecule has 2 aromatic heterocycles. The summed E-state index contributed by atoms with van der Waals surface area (Å²) in [5.74, 6) is -0.352. The smallest absolute Gasteiger partial charge is 0.339 e. The molecular formula is C29H35N5O3S. The number of ether oxygens (including phenoxy) is 2. The molecule has 2 atom stereocenters. The Morgan fingerprint density at radius 1 is 1.13 bits per heavy atom. The Bertz CT molecular complexity index is 1290. The number of rotatable bonds is 8. The number of para-hydroxylation sites is 1. The van der Waals surface area contributed by atoms with E-state index in [1.807, 2.05) is 36.5 Å². The Morgan fingerprint density at radius 2 is 1.89 bits per heavy atom. The Hall–Kier alpha value is -3.27. The highest BCUT2D eigenvalue weighted by molar-refractivity contribution is 7.80. The molecule has 9 heteroatoms. The Morgan fingerprint density at radius 3 is 2.63 bits per heavy atom. The average Bonchev–Trinajstić information content (AvgIpc) is 3.43. The van der Waals surface area contributed by atoms with Gasteiger partial charge in [0.15, 0.2) is 5.11 Å². The normalized spacial score (nSPS) is 20.0. The van der Waals surface area contributed by atoms with Crippen LogP contribution in [0.25, 0.3) is 5.69 Å². The zero-order chi connectivity index (χ0) is 26.6. The molecule has 0 aliphatic carbocycles. The second-order valence-corrected chi connectivity index (χ2v) is 10.2. The van der Waals surface area contributed by atoms with Gasteiger partial charge in [0.2, 0.25) is 0 Å². The van der Waals surface area contributed by atoms with E-state index in [0.717, 1.165) is 79.3 Å². The van der Waals surface area contributed by atoms with Gasteiger partial charge in [0.1, 0.15) is 0 Å². The van der Waals surface area contributed by atoms with Gasteiger partial charge in [0.25, 0.3) is 0 Å². The van der Waals surface area contributed by atoms with Gasteiger partial charge in [-0.05, 0) is 68.4 Å². The van der Waals surface area contributed by atoms with Crippen LogP contribution < -0.4 is 5.32 Å². The lowest BCUT2D eigenvalue weighted by Gasteiger charge is -2.30. The van der Waals surface area contributed by atoms with Gasteiger partial charge in [-0.2, -0.15) is 0 Å². The average molecular weight is 534 g/mol. The SMILES string of the molecule is COC(=O)c1ccccc1-n1c(C)cc([C@@H]2[C@@H](c3ccccn3)NC(=S)N2CCCN2CCOCC2)c1C. The van der Waals surface area contributed by atoms with Crippen LogP contribution >= 0.6 is 12.2 Å². The molecular weight excluding hydrogens is 498 g/mol. The maximum Gasteiger partial charge on any atom is 0.339 e. The zero-order valence-electron chi connectivity index (χ0n) is 22.2. The molecule has 2 aliphatic rings. The maximum atomic E-state index is 12.6. The summed E-state index contributed by atoms with van der Waals surface area (Å²) >= 11 is 5.90. The summed E-state index contributed by atoms with van der Waals surface area (Å²) in [5.41, 5.74) is 5.57. The standard InChI is InChI=1S/C29H35N5O3S/c1-20-19-23(21(2)34(20)25-11-5-4-9-22(25)28(35)36-3)27-26(24-10-6-7-12-30-24)31-29(38)33(27)14-8-13-32-15-17-37-18-16-32/h4-7,9-12,19,26-27H,8,13-18H2,1-3H3,(H,31,38)/t26-,27-/m1/s1. The molecule has 2 fully saturated rings. The molecule has 5 rings (SSSR count). The van der Waals surface area contributed by atoms with Crippen molar-refractivity contribution in [3.63, 3.8) is 0 Å². The zero-order valence-corrected chi connectivity index (χ0v) is 23.0. The van der Waals surface area contributed by atoms with E-state index in [1.165, 1.54) is 7.11 Å². The number of benzene rings is 1. The van der Waals surface area contributed by atoms with Crippen LogP contribution in [0.5, 0.6) is 0 Å². The Balaban J connectivity index is 1.51. The van der Waals surface area contributed by atoms with Gasteiger partial charge < -0.3 is 24.3 Å². The van der Waals surface area contributed by atoms with Crippen LogP contribution in [-0.4, -0.2) is 76.9 Å². The van der Waals surface area contributed by atoms with Crippen LogP contribution in [0.4, 0.5) is 0 Å². The summed E-state index contributed by atoms with van der Waals surface area (Å²) in [6.45, 7) is 9.57. The van der Waals surface area contributed by atoms with Crippen LogP contribution in [0.2, 0.25) is 0 Å². The van der Waals surface area contributed by atoms with Gasteiger partial charge in [-0.3, -0.25) is 9.88 Å². The minimum atomic E-state index is -0.352. The summed E-state index contributed by atoms with van der Waals surface area (Å²) in [6.07, 6.45) is 2.82. The largest absolute Gasteiger partial charge is 0.465 e. The summed E-state index contributed by atoms with van der Waals surface area (Å²) in [4.78, 5) is 22.0. The summed E-state index contributed by atoms with van der Waals surface area (Å²) < 4.78 is 12.7. The van der Waals surface area contributed by atoms with Crippen molar-refractivity contribution in [3.8, 4) is 5.69 Å². The monoisotopic (exact) mass is 533 g/mol. The fourth-order valence-corrected chi connectivity index (χ4v) is 6.02. The first-order chi connectivity index (χ1) is 18.5. The number of nitrogens with zero attached hydrogens (tertiary/aromatic N) is 4. The van der Waals surface area contributed by atoms with Gasteiger partial charge in [-0.1, -0.05) is 18.2 Å². The molecule has 2 saturated heterocycles. The molecule has 8 nitrogen and oxygen atoms in total. The molecule has 0 amide bonds. The minimum absolute atomic E-state index is 0.0349. The molecule has 4 heterocycles. The predicted molar refractivity (Wildman–Crippen MR) is 151 cm³/mol. The molecule has 0 radical (unpaired) electrons. The van der Waals surface area contributed by atoms with Gasteiger partial charge >= 0.3 is 5.97 Å². The van der Waals surface area contributed by atoms with E-state index < -0.39 is 0 Å². The van der Waals surface area contributed by atoms with E-state index in [1.54, 1.807) is 6.07 Å². The van der Waals surface area contributed by atoms with Crippen molar-refractivity contribution in [3.05, 3.63) is 82.9 Å². The fourth-order valence-electron chi connectivity index (χ4n) is 5.68. The summed E-state index contributed by atoms with van der Waals surface area (Å²) in [6, 6.07) is 15.7. The highest BCUT2D eigenvalue weighted by Gasteiger charge is 2.41. The molecule has 200 valence electrons. The van der Waals surface area contributed by atoms with Crippen molar-refractivity contribution < 1.29 is 14.3 Å². The molecule has 2 aliphatic heterocycles. The van der Waals surface area contributed by atoms with E-state index >= 15 is 0 Å². The third-order valence-electron chi connectivity index (χ3n) is 7.51. The molecule has 0 saturated carbocycles. The predicted octanol–water partition coefficient (Wildman–Crippen LogP) is 3.97. The van der Waals surface area contributed by atoms with Gasteiger partial charge in [-0.25, -0.2) is 4.79 Å². The Labute approximate surface area is 229 Å². The number of morpholine rings is 1. The molecule has 0 spiro atoms. The van der Waals surface area contributed by atoms with Crippen LogP contribution in [0, 0.1) is 13.8 Å². The first-order valence-corrected chi connectivity index (χ1v) is 13.5. The van der Waals surface area contributed by atoms with Crippen LogP contribution in [-0.2, 0) is 9.47 Å². The second kappa shape index (κ2) is 11.6. The lowest BCUT2D eigenvalue weighted by molar-refractivity contribution is 0.0365. The van der Waals surface area contributed by atoms with Crippen molar-refractivity contribution in [2.75, 3.05) is 46.5 Å². The first kappa shape index (κ1) is 26.3. The molecule has 1 N–H and O–H groups in total. The van der Waals surface area contributed by atoms with Crippen LogP contribution in [0.15, 0.2) is 54.7 Å². The molecule has 38 heavy (non-hydrogen) atoms. The van der Waals surface area contributed by atoms with Crippen molar-refractivity contribution in [1.82, 2.24) is 24.7 Å². The van der Waals surface area contributed by atoms with Crippen molar-refractivity contribution in [2.45, 2.75) is 32.4 Å². The highest BCUT2D eigenvalue weighted by Crippen LogP contribution is 2.41. The minimum Gasteiger partial charge on any atom is -0.465 e. The quantitative estimate of drug-likeness (QED) is 0.345. The number of aromatic nitrogens is 2.